The molecule has 2 rings (SSSR count). The Labute approximate surface area is 72.6 Å². The first-order valence-electron chi connectivity index (χ1n) is 4.42. The van der Waals surface area contributed by atoms with Crippen molar-refractivity contribution in [3.05, 3.63) is 18.0 Å². The molecule has 0 saturated heterocycles. The largest absolute Gasteiger partial charge is 0.330 e. The highest BCUT2D eigenvalue weighted by atomic mass is 15.2. The summed E-state index contributed by atoms with van der Waals surface area (Å²) >= 11 is 0. The average Bonchev–Trinajstić information content (AvgIpc) is 2.71. The van der Waals surface area contributed by atoms with Gasteiger partial charge in [-0.2, -0.15) is 5.10 Å². The fourth-order valence-corrected chi connectivity index (χ4v) is 1.63. The van der Waals surface area contributed by atoms with E-state index in [0.29, 0.717) is 5.41 Å². The van der Waals surface area contributed by atoms with Gasteiger partial charge in [0.1, 0.15) is 0 Å². The number of nitrogens with zero attached hydrogens (tertiary/aromatic N) is 2. The standard InChI is InChI=1S/C9H15N3/c1-12-6-8(5-11-12)4-9(7-10)2-3-9/h5-6H,2-4,7,10H2,1H3. The third-order valence-corrected chi connectivity index (χ3v) is 2.73. The highest BCUT2D eigenvalue weighted by Crippen LogP contribution is 2.47. The van der Waals surface area contributed by atoms with Crippen LogP contribution < -0.4 is 5.73 Å². The Morgan fingerprint density at radius 1 is 1.67 bits per heavy atom. The Morgan fingerprint density at radius 3 is 2.83 bits per heavy atom. The van der Waals surface area contributed by atoms with Crippen LogP contribution in [-0.2, 0) is 13.5 Å². The monoisotopic (exact) mass is 165 g/mol. The van der Waals surface area contributed by atoms with Crippen molar-refractivity contribution in [2.75, 3.05) is 6.54 Å². The van der Waals surface area contributed by atoms with E-state index in [-0.39, 0.29) is 0 Å². The number of hydrogen-bond donors (Lipinski definition) is 1. The lowest BCUT2D eigenvalue weighted by Gasteiger charge is -2.08. The molecule has 1 aromatic rings. The topological polar surface area (TPSA) is 43.8 Å². The van der Waals surface area contributed by atoms with Gasteiger partial charge in [-0.1, -0.05) is 0 Å². The zero-order chi connectivity index (χ0) is 8.60. The van der Waals surface area contributed by atoms with Crippen molar-refractivity contribution in [1.29, 1.82) is 0 Å². The molecule has 1 saturated carbocycles. The molecule has 0 spiro atoms. The molecule has 0 radical (unpaired) electrons. The normalized spacial score (nSPS) is 19.5. The van der Waals surface area contributed by atoms with Crippen LogP contribution >= 0.6 is 0 Å². The van der Waals surface area contributed by atoms with E-state index in [0.717, 1.165) is 13.0 Å². The minimum Gasteiger partial charge on any atom is -0.330 e. The minimum absolute atomic E-state index is 0.434. The summed E-state index contributed by atoms with van der Waals surface area (Å²) in [4.78, 5) is 0. The maximum Gasteiger partial charge on any atom is 0.0521 e. The number of hydrogen-bond acceptors (Lipinski definition) is 2. The van der Waals surface area contributed by atoms with E-state index >= 15 is 0 Å². The van der Waals surface area contributed by atoms with E-state index in [2.05, 4.69) is 11.3 Å². The number of nitrogens with two attached hydrogens (primary N) is 1. The molecule has 2 N–H and O–H groups in total. The van der Waals surface area contributed by atoms with Crippen LogP contribution in [0.5, 0.6) is 0 Å². The number of rotatable bonds is 3. The van der Waals surface area contributed by atoms with Crippen molar-refractivity contribution < 1.29 is 0 Å². The van der Waals surface area contributed by atoms with E-state index in [4.69, 9.17) is 5.73 Å². The average molecular weight is 165 g/mol. The molecule has 1 fully saturated rings. The zero-order valence-corrected chi connectivity index (χ0v) is 7.45. The molecular weight excluding hydrogens is 150 g/mol. The van der Waals surface area contributed by atoms with Gasteiger partial charge in [0.2, 0.25) is 0 Å². The summed E-state index contributed by atoms with van der Waals surface area (Å²) in [5.74, 6) is 0. The van der Waals surface area contributed by atoms with Crippen LogP contribution in [0.25, 0.3) is 0 Å². The van der Waals surface area contributed by atoms with Crippen LogP contribution in [0, 0.1) is 5.41 Å². The van der Waals surface area contributed by atoms with Gasteiger partial charge >= 0.3 is 0 Å². The van der Waals surface area contributed by atoms with Crippen molar-refractivity contribution in [2.45, 2.75) is 19.3 Å². The Morgan fingerprint density at radius 2 is 2.42 bits per heavy atom. The first kappa shape index (κ1) is 7.80. The summed E-state index contributed by atoms with van der Waals surface area (Å²) in [6.07, 6.45) is 7.71. The Bertz CT molecular complexity index is 273. The number of aryl methyl sites for hydroxylation is 1. The predicted octanol–water partition coefficient (Wildman–Crippen LogP) is 0.701. The van der Waals surface area contributed by atoms with E-state index in [1.807, 2.05) is 17.9 Å². The fourth-order valence-electron chi connectivity index (χ4n) is 1.63. The molecule has 1 aliphatic rings. The summed E-state index contributed by atoms with van der Waals surface area (Å²) in [6, 6.07) is 0. The van der Waals surface area contributed by atoms with Gasteiger partial charge in [0, 0.05) is 13.2 Å². The van der Waals surface area contributed by atoms with Crippen LogP contribution in [0.3, 0.4) is 0 Å². The van der Waals surface area contributed by atoms with Gasteiger partial charge in [-0.3, -0.25) is 4.68 Å². The lowest BCUT2D eigenvalue weighted by Crippen LogP contribution is -2.17. The maximum absolute atomic E-state index is 5.70. The molecule has 1 heterocycles. The van der Waals surface area contributed by atoms with Crippen LogP contribution in [0.2, 0.25) is 0 Å². The number of aromatic nitrogens is 2. The molecule has 0 atom stereocenters. The van der Waals surface area contributed by atoms with Crippen LogP contribution in [0.15, 0.2) is 12.4 Å². The van der Waals surface area contributed by atoms with Crippen molar-refractivity contribution in [1.82, 2.24) is 9.78 Å². The molecule has 0 unspecified atom stereocenters. The van der Waals surface area contributed by atoms with Crippen LogP contribution in [0.1, 0.15) is 18.4 Å². The molecule has 0 bridgehead atoms. The summed E-state index contributed by atoms with van der Waals surface area (Å²) < 4.78 is 1.85. The maximum atomic E-state index is 5.70. The van der Waals surface area contributed by atoms with Crippen molar-refractivity contribution in [2.24, 2.45) is 18.2 Å². The Kier molecular flexibility index (Phi) is 1.68. The first-order valence-corrected chi connectivity index (χ1v) is 4.42. The first-order chi connectivity index (χ1) is 5.74. The third-order valence-electron chi connectivity index (χ3n) is 2.73. The fraction of sp³-hybridized carbons (Fsp3) is 0.667. The highest BCUT2D eigenvalue weighted by molar-refractivity contribution is 5.11. The molecule has 66 valence electrons. The lowest BCUT2D eigenvalue weighted by atomic mass is 9.99. The quantitative estimate of drug-likeness (QED) is 0.716. The smallest absolute Gasteiger partial charge is 0.0521 e. The molecule has 0 aromatic carbocycles. The van der Waals surface area contributed by atoms with Gasteiger partial charge in [0.05, 0.1) is 6.20 Å². The zero-order valence-electron chi connectivity index (χ0n) is 7.45. The van der Waals surface area contributed by atoms with Gasteiger partial charge < -0.3 is 5.73 Å². The molecule has 12 heavy (non-hydrogen) atoms. The summed E-state index contributed by atoms with van der Waals surface area (Å²) in [6.45, 7) is 0.821. The second-order valence-electron chi connectivity index (χ2n) is 3.90. The second kappa shape index (κ2) is 2.59. The van der Waals surface area contributed by atoms with Crippen molar-refractivity contribution in [3.63, 3.8) is 0 Å². The molecule has 1 aromatic heterocycles. The second-order valence-corrected chi connectivity index (χ2v) is 3.90. The Balaban J connectivity index is 2.04. The van der Waals surface area contributed by atoms with Gasteiger partial charge in [-0.05, 0) is 36.8 Å². The lowest BCUT2D eigenvalue weighted by molar-refractivity contribution is 0.521. The molecule has 0 amide bonds. The molecule has 3 nitrogen and oxygen atoms in total. The Hall–Kier alpha value is -0.830. The molecule has 1 aliphatic carbocycles. The van der Waals surface area contributed by atoms with Crippen molar-refractivity contribution >= 4 is 0 Å². The van der Waals surface area contributed by atoms with E-state index in [9.17, 15) is 0 Å². The van der Waals surface area contributed by atoms with Gasteiger partial charge in [0.15, 0.2) is 0 Å². The minimum atomic E-state index is 0.434. The molecule has 0 aliphatic heterocycles. The highest BCUT2D eigenvalue weighted by Gasteiger charge is 2.41. The van der Waals surface area contributed by atoms with Gasteiger partial charge in [-0.15, -0.1) is 0 Å². The van der Waals surface area contributed by atoms with Crippen LogP contribution in [-0.4, -0.2) is 16.3 Å². The SMILES string of the molecule is Cn1cc(CC2(CN)CC2)cn1. The van der Waals surface area contributed by atoms with E-state index < -0.39 is 0 Å². The summed E-state index contributed by atoms with van der Waals surface area (Å²) in [5.41, 5.74) is 7.45. The van der Waals surface area contributed by atoms with Crippen molar-refractivity contribution in [3.8, 4) is 0 Å². The molecular formula is C9H15N3. The van der Waals surface area contributed by atoms with Crippen LogP contribution in [0.4, 0.5) is 0 Å². The summed E-state index contributed by atoms with van der Waals surface area (Å²) in [5, 5.41) is 4.14. The van der Waals surface area contributed by atoms with Gasteiger partial charge in [-0.25, -0.2) is 0 Å². The van der Waals surface area contributed by atoms with E-state index in [1.165, 1.54) is 18.4 Å². The predicted molar refractivity (Wildman–Crippen MR) is 47.6 cm³/mol. The van der Waals surface area contributed by atoms with E-state index in [1.54, 1.807) is 0 Å². The van der Waals surface area contributed by atoms with Gasteiger partial charge in [0.25, 0.3) is 0 Å². The third kappa shape index (κ3) is 1.37. The molecule has 3 heteroatoms. The summed E-state index contributed by atoms with van der Waals surface area (Å²) in [7, 11) is 1.95.